The Morgan fingerprint density at radius 3 is 3.00 bits per heavy atom. The molecule has 2 nitrogen and oxygen atoms in total. The monoisotopic (exact) mass is 246 g/mol. The predicted molar refractivity (Wildman–Crippen MR) is 79.1 cm³/mol. The number of hydrogen-bond acceptors (Lipinski definition) is 2. The average Bonchev–Trinajstić information content (AvgIpc) is 2.39. The van der Waals surface area contributed by atoms with E-state index in [-0.39, 0.29) is 0 Å². The third-order valence-electron chi connectivity index (χ3n) is 4.11. The Labute approximate surface area is 111 Å². The largest absolute Gasteiger partial charge is 0.382 e. The zero-order valence-corrected chi connectivity index (χ0v) is 11.9. The first kappa shape index (κ1) is 13.4. The molecule has 0 aromatic heterocycles. The number of anilines is 1. The summed E-state index contributed by atoms with van der Waals surface area (Å²) in [6, 6.07) is 9.24. The van der Waals surface area contributed by atoms with Gasteiger partial charge in [-0.3, -0.25) is 0 Å². The van der Waals surface area contributed by atoms with Crippen LogP contribution in [0.15, 0.2) is 24.3 Å². The van der Waals surface area contributed by atoms with Crippen molar-refractivity contribution in [3.63, 3.8) is 0 Å². The first-order valence-electron chi connectivity index (χ1n) is 7.24. The predicted octanol–water partition coefficient (Wildman–Crippen LogP) is 3.53. The van der Waals surface area contributed by atoms with Gasteiger partial charge in [0.25, 0.3) is 0 Å². The highest BCUT2D eigenvalue weighted by Crippen LogP contribution is 2.22. The van der Waals surface area contributed by atoms with Gasteiger partial charge in [0, 0.05) is 18.3 Å². The van der Waals surface area contributed by atoms with Gasteiger partial charge >= 0.3 is 0 Å². The maximum atomic E-state index is 3.67. The molecule has 2 heteroatoms. The minimum absolute atomic E-state index is 0.557. The van der Waals surface area contributed by atoms with Crippen molar-refractivity contribution in [3.05, 3.63) is 29.8 Å². The molecular formula is C16H26N2. The summed E-state index contributed by atoms with van der Waals surface area (Å²) < 4.78 is 0. The lowest BCUT2D eigenvalue weighted by molar-refractivity contribution is 0.172. The third-order valence-corrected chi connectivity index (χ3v) is 4.11. The highest BCUT2D eigenvalue weighted by Gasteiger charge is 2.23. The van der Waals surface area contributed by atoms with Gasteiger partial charge in [0.1, 0.15) is 0 Å². The van der Waals surface area contributed by atoms with Crippen LogP contribution in [-0.2, 0) is 0 Å². The van der Waals surface area contributed by atoms with Crippen LogP contribution in [0.1, 0.15) is 32.3 Å². The van der Waals surface area contributed by atoms with Gasteiger partial charge in [-0.15, -0.1) is 0 Å². The molecule has 2 rings (SSSR count). The Hall–Kier alpha value is -1.02. The van der Waals surface area contributed by atoms with Crippen LogP contribution in [0, 0.1) is 12.8 Å². The van der Waals surface area contributed by atoms with E-state index in [0.29, 0.717) is 6.04 Å². The molecule has 1 aromatic rings. The van der Waals surface area contributed by atoms with E-state index in [9.17, 15) is 0 Å². The van der Waals surface area contributed by atoms with E-state index in [1.54, 1.807) is 0 Å². The number of rotatable bonds is 4. The SMILES string of the molecule is CCN1CCCC(C(C)Nc2cccc(C)c2)C1. The maximum Gasteiger partial charge on any atom is 0.0344 e. The van der Waals surface area contributed by atoms with E-state index in [2.05, 4.69) is 55.3 Å². The van der Waals surface area contributed by atoms with Crippen LogP contribution in [0.3, 0.4) is 0 Å². The van der Waals surface area contributed by atoms with E-state index >= 15 is 0 Å². The zero-order chi connectivity index (χ0) is 13.0. The van der Waals surface area contributed by atoms with Crippen molar-refractivity contribution in [1.82, 2.24) is 4.90 Å². The van der Waals surface area contributed by atoms with Crippen molar-refractivity contribution in [2.24, 2.45) is 5.92 Å². The Morgan fingerprint density at radius 2 is 2.28 bits per heavy atom. The molecule has 0 radical (unpaired) electrons. The smallest absolute Gasteiger partial charge is 0.0344 e. The van der Waals surface area contributed by atoms with Gasteiger partial charge in [0.05, 0.1) is 0 Å². The molecule has 0 spiro atoms. The second-order valence-electron chi connectivity index (χ2n) is 5.60. The van der Waals surface area contributed by atoms with Crippen LogP contribution >= 0.6 is 0 Å². The fourth-order valence-electron chi connectivity index (χ4n) is 2.90. The number of hydrogen-bond donors (Lipinski definition) is 1. The first-order valence-corrected chi connectivity index (χ1v) is 7.24. The standard InChI is InChI=1S/C16H26N2/c1-4-18-10-6-8-15(12-18)14(3)17-16-9-5-7-13(2)11-16/h5,7,9,11,14-15,17H,4,6,8,10,12H2,1-3H3. The molecule has 2 unspecified atom stereocenters. The summed E-state index contributed by atoms with van der Waals surface area (Å²) in [5, 5.41) is 3.67. The van der Waals surface area contributed by atoms with E-state index in [1.165, 1.54) is 43.7 Å². The second kappa shape index (κ2) is 6.24. The Balaban J connectivity index is 1.93. The molecule has 1 fully saturated rings. The molecule has 1 aromatic carbocycles. The molecule has 1 heterocycles. The van der Waals surface area contributed by atoms with Crippen molar-refractivity contribution in [1.29, 1.82) is 0 Å². The quantitative estimate of drug-likeness (QED) is 0.874. The lowest BCUT2D eigenvalue weighted by Crippen LogP contribution is -2.41. The van der Waals surface area contributed by atoms with E-state index in [4.69, 9.17) is 0 Å². The lowest BCUT2D eigenvalue weighted by Gasteiger charge is -2.35. The van der Waals surface area contributed by atoms with Crippen molar-refractivity contribution in [3.8, 4) is 0 Å². The summed E-state index contributed by atoms with van der Waals surface area (Å²) in [5.74, 6) is 0.777. The zero-order valence-electron chi connectivity index (χ0n) is 11.9. The van der Waals surface area contributed by atoms with Crippen molar-refractivity contribution in [2.75, 3.05) is 25.0 Å². The van der Waals surface area contributed by atoms with Crippen molar-refractivity contribution < 1.29 is 0 Å². The number of aryl methyl sites for hydroxylation is 1. The molecule has 1 aliphatic heterocycles. The first-order chi connectivity index (χ1) is 8.69. The van der Waals surface area contributed by atoms with Gasteiger partial charge in [-0.05, 0) is 63.4 Å². The number of nitrogens with zero attached hydrogens (tertiary/aromatic N) is 1. The maximum absolute atomic E-state index is 3.67. The van der Waals surface area contributed by atoms with Crippen molar-refractivity contribution in [2.45, 2.75) is 39.7 Å². The molecule has 1 aliphatic rings. The summed E-state index contributed by atoms with van der Waals surface area (Å²) in [6.07, 6.45) is 2.70. The topological polar surface area (TPSA) is 15.3 Å². The van der Waals surface area contributed by atoms with Gasteiger partial charge in [0.2, 0.25) is 0 Å². The van der Waals surface area contributed by atoms with Crippen LogP contribution < -0.4 is 5.32 Å². The van der Waals surface area contributed by atoms with E-state index in [0.717, 1.165) is 5.92 Å². The normalized spacial score (nSPS) is 22.7. The van der Waals surface area contributed by atoms with Gasteiger partial charge in [-0.1, -0.05) is 19.1 Å². The minimum atomic E-state index is 0.557. The molecular weight excluding hydrogens is 220 g/mol. The van der Waals surface area contributed by atoms with Crippen LogP contribution in [0.5, 0.6) is 0 Å². The summed E-state index contributed by atoms with van der Waals surface area (Å²) in [5.41, 5.74) is 2.59. The number of piperidine rings is 1. The fraction of sp³-hybridized carbons (Fsp3) is 0.625. The molecule has 1 saturated heterocycles. The fourth-order valence-corrected chi connectivity index (χ4v) is 2.90. The van der Waals surface area contributed by atoms with Crippen LogP contribution in [-0.4, -0.2) is 30.6 Å². The van der Waals surface area contributed by atoms with E-state index in [1.807, 2.05) is 0 Å². The van der Waals surface area contributed by atoms with Gasteiger partial charge in [-0.2, -0.15) is 0 Å². The summed E-state index contributed by atoms with van der Waals surface area (Å²) in [7, 11) is 0. The molecule has 0 amide bonds. The van der Waals surface area contributed by atoms with Crippen LogP contribution in [0.2, 0.25) is 0 Å². The second-order valence-corrected chi connectivity index (χ2v) is 5.60. The van der Waals surface area contributed by atoms with E-state index < -0.39 is 0 Å². The average molecular weight is 246 g/mol. The molecule has 18 heavy (non-hydrogen) atoms. The minimum Gasteiger partial charge on any atom is -0.382 e. The van der Waals surface area contributed by atoms with Crippen LogP contribution in [0.4, 0.5) is 5.69 Å². The van der Waals surface area contributed by atoms with Gasteiger partial charge in [0.15, 0.2) is 0 Å². The Morgan fingerprint density at radius 1 is 1.44 bits per heavy atom. The van der Waals surface area contributed by atoms with Gasteiger partial charge < -0.3 is 10.2 Å². The third kappa shape index (κ3) is 3.49. The number of nitrogens with one attached hydrogen (secondary N) is 1. The highest BCUT2D eigenvalue weighted by atomic mass is 15.1. The molecule has 0 bridgehead atoms. The molecule has 0 saturated carbocycles. The Bertz CT molecular complexity index is 375. The van der Waals surface area contributed by atoms with Crippen molar-refractivity contribution >= 4 is 5.69 Å². The lowest BCUT2D eigenvalue weighted by atomic mass is 9.91. The molecule has 2 atom stereocenters. The molecule has 100 valence electrons. The molecule has 1 N–H and O–H groups in total. The summed E-state index contributed by atoms with van der Waals surface area (Å²) in [4.78, 5) is 2.57. The number of likely N-dealkylation sites (tertiary alicyclic amines) is 1. The van der Waals surface area contributed by atoms with Gasteiger partial charge in [-0.25, -0.2) is 0 Å². The van der Waals surface area contributed by atoms with Crippen LogP contribution in [0.25, 0.3) is 0 Å². The summed E-state index contributed by atoms with van der Waals surface area (Å²) in [6.45, 7) is 10.5. The Kier molecular flexibility index (Phi) is 4.65. The number of benzene rings is 1. The molecule has 0 aliphatic carbocycles. The summed E-state index contributed by atoms with van der Waals surface area (Å²) >= 11 is 0. The highest BCUT2D eigenvalue weighted by molar-refractivity contribution is 5.46.